The van der Waals surface area contributed by atoms with E-state index in [1.165, 1.54) is 19.3 Å². The number of nitriles is 1. The zero-order valence-corrected chi connectivity index (χ0v) is 11.0. The first-order chi connectivity index (χ1) is 9.26. The fourth-order valence-electron chi connectivity index (χ4n) is 3.49. The van der Waals surface area contributed by atoms with Crippen LogP contribution in [0.1, 0.15) is 35.2 Å². The van der Waals surface area contributed by atoms with Crippen molar-refractivity contribution >= 4 is 5.78 Å². The van der Waals surface area contributed by atoms with Gasteiger partial charge in [0, 0.05) is 18.7 Å². The van der Waals surface area contributed by atoms with Crippen molar-refractivity contribution in [1.82, 2.24) is 4.90 Å². The Bertz CT molecular complexity index is 503. The Labute approximate surface area is 113 Å². The van der Waals surface area contributed by atoms with E-state index in [0.29, 0.717) is 12.1 Å². The van der Waals surface area contributed by atoms with Crippen molar-refractivity contribution in [1.29, 1.82) is 5.26 Å². The topological polar surface area (TPSA) is 44.1 Å². The van der Waals surface area contributed by atoms with Crippen LogP contribution in [-0.4, -0.2) is 30.3 Å². The van der Waals surface area contributed by atoms with Crippen molar-refractivity contribution in [2.75, 3.05) is 19.6 Å². The monoisotopic (exact) mass is 254 g/mol. The molecule has 0 N–H and O–H groups in total. The number of nitrogens with zero attached hydrogens (tertiary/aromatic N) is 2. The minimum Gasteiger partial charge on any atom is -0.295 e. The molecule has 1 saturated heterocycles. The van der Waals surface area contributed by atoms with Crippen LogP contribution >= 0.6 is 0 Å². The fraction of sp³-hybridized carbons (Fsp3) is 0.500. The lowest BCUT2D eigenvalue weighted by molar-refractivity contribution is 0.0941. The second kappa shape index (κ2) is 5.14. The molecular weight excluding hydrogens is 236 g/mol. The standard InChI is InChI=1S/C16H18N2O/c17-8-12-4-6-13(7-5-12)16(19)11-18-9-14-2-1-3-15(14)10-18/h4-7,14-15H,1-3,9-11H2. The van der Waals surface area contributed by atoms with Gasteiger partial charge in [-0.2, -0.15) is 5.26 Å². The lowest BCUT2D eigenvalue weighted by Gasteiger charge is -2.15. The van der Waals surface area contributed by atoms with Gasteiger partial charge in [0.25, 0.3) is 0 Å². The molecule has 1 aromatic rings. The highest BCUT2D eigenvalue weighted by molar-refractivity contribution is 5.97. The summed E-state index contributed by atoms with van der Waals surface area (Å²) in [5.74, 6) is 1.83. The fourth-order valence-corrected chi connectivity index (χ4v) is 3.49. The smallest absolute Gasteiger partial charge is 0.176 e. The molecule has 1 heterocycles. The number of Topliss-reactive ketones (excluding diaryl/α,β-unsaturated/α-hetero) is 1. The Hall–Kier alpha value is -1.66. The van der Waals surface area contributed by atoms with Crippen molar-refractivity contribution in [3.8, 4) is 6.07 Å². The number of carbonyl (C=O) groups excluding carboxylic acids is 1. The SMILES string of the molecule is N#Cc1ccc(C(=O)CN2CC3CCCC3C2)cc1. The van der Waals surface area contributed by atoms with Crippen LogP contribution in [0, 0.1) is 23.2 Å². The average Bonchev–Trinajstić information content (AvgIpc) is 2.99. The highest BCUT2D eigenvalue weighted by Crippen LogP contribution is 2.37. The van der Waals surface area contributed by atoms with Gasteiger partial charge in [-0.3, -0.25) is 9.69 Å². The summed E-state index contributed by atoms with van der Waals surface area (Å²) in [5.41, 5.74) is 1.32. The number of hydrogen-bond donors (Lipinski definition) is 0. The van der Waals surface area contributed by atoms with Crippen LogP contribution in [0.15, 0.2) is 24.3 Å². The van der Waals surface area contributed by atoms with E-state index in [-0.39, 0.29) is 5.78 Å². The maximum atomic E-state index is 12.2. The summed E-state index contributed by atoms with van der Waals surface area (Å²) in [6.45, 7) is 2.71. The zero-order valence-electron chi connectivity index (χ0n) is 11.0. The van der Waals surface area contributed by atoms with E-state index in [1.807, 2.05) is 0 Å². The molecule has 0 radical (unpaired) electrons. The maximum Gasteiger partial charge on any atom is 0.176 e. The Balaban J connectivity index is 1.60. The minimum absolute atomic E-state index is 0.171. The molecule has 1 aliphatic heterocycles. The Morgan fingerprint density at radius 1 is 1.21 bits per heavy atom. The van der Waals surface area contributed by atoms with Gasteiger partial charge in [-0.05, 0) is 36.8 Å². The van der Waals surface area contributed by atoms with Gasteiger partial charge in [-0.25, -0.2) is 0 Å². The third-order valence-corrected chi connectivity index (χ3v) is 4.51. The number of hydrogen-bond acceptors (Lipinski definition) is 3. The highest BCUT2D eigenvalue weighted by atomic mass is 16.1. The van der Waals surface area contributed by atoms with Crippen molar-refractivity contribution in [2.24, 2.45) is 11.8 Å². The first-order valence-corrected chi connectivity index (χ1v) is 7.02. The van der Waals surface area contributed by atoms with Crippen molar-refractivity contribution in [3.05, 3.63) is 35.4 Å². The van der Waals surface area contributed by atoms with E-state index in [0.717, 1.165) is 30.5 Å². The molecule has 0 aromatic heterocycles. The number of ketones is 1. The summed E-state index contributed by atoms with van der Waals surface area (Å²) in [6, 6.07) is 9.02. The van der Waals surface area contributed by atoms with Gasteiger partial charge in [0.05, 0.1) is 18.2 Å². The second-order valence-electron chi connectivity index (χ2n) is 5.76. The van der Waals surface area contributed by atoms with Gasteiger partial charge < -0.3 is 0 Å². The molecule has 1 saturated carbocycles. The number of rotatable bonds is 3. The van der Waals surface area contributed by atoms with Gasteiger partial charge in [0.2, 0.25) is 0 Å². The molecule has 3 heteroatoms. The third-order valence-electron chi connectivity index (χ3n) is 4.51. The molecule has 2 fully saturated rings. The zero-order chi connectivity index (χ0) is 13.2. The average molecular weight is 254 g/mol. The molecule has 2 aliphatic rings. The van der Waals surface area contributed by atoms with Gasteiger partial charge >= 0.3 is 0 Å². The van der Waals surface area contributed by atoms with Gasteiger partial charge in [0.1, 0.15) is 0 Å². The molecule has 1 aromatic carbocycles. The van der Waals surface area contributed by atoms with Crippen LogP contribution in [0.4, 0.5) is 0 Å². The van der Waals surface area contributed by atoms with E-state index in [9.17, 15) is 4.79 Å². The predicted octanol–water partition coefficient (Wildman–Crippen LogP) is 2.47. The van der Waals surface area contributed by atoms with Crippen molar-refractivity contribution in [2.45, 2.75) is 19.3 Å². The summed E-state index contributed by atoms with van der Waals surface area (Å²) in [7, 11) is 0. The van der Waals surface area contributed by atoms with Crippen molar-refractivity contribution in [3.63, 3.8) is 0 Å². The number of carbonyl (C=O) groups is 1. The number of fused-ring (bicyclic) bond motifs is 1. The maximum absolute atomic E-state index is 12.2. The lowest BCUT2D eigenvalue weighted by Crippen LogP contribution is -2.28. The van der Waals surface area contributed by atoms with Crippen molar-refractivity contribution < 1.29 is 4.79 Å². The molecule has 2 atom stereocenters. The van der Waals surface area contributed by atoms with E-state index < -0.39 is 0 Å². The molecule has 0 amide bonds. The molecule has 2 unspecified atom stereocenters. The van der Waals surface area contributed by atoms with Gasteiger partial charge in [0.15, 0.2) is 5.78 Å². The molecule has 3 rings (SSSR count). The normalized spacial score (nSPS) is 26.1. The van der Waals surface area contributed by atoms with Crippen LogP contribution in [0.5, 0.6) is 0 Å². The molecule has 0 bridgehead atoms. The Morgan fingerprint density at radius 2 is 1.84 bits per heavy atom. The molecule has 98 valence electrons. The van der Waals surface area contributed by atoms with E-state index in [1.54, 1.807) is 24.3 Å². The van der Waals surface area contributed by atoms with Gasteiger partial charge in [-0.1, -0.05) is 18.6 Å². The summed E-state index contributed by atoms with van der Waals surface area (Å²) in [5, 5.41) is 8.75. The van der Waals surface area contributed by atoms with E-state index >= 15 is 0 Å². The predicted molar refractivity (Wildman–Crippen MR) is 72.8 cm³/mol. The Morgan fingerprint density at radius 3 is 2.42 bits per heavy atom. The molecule has 0 spiro atoms. The molecular formula is C16H18N2O. The van der Waals surface area contributed by atoms with Crippen LogP contribution in [0.3, 0.4) is 0 Å². The first kappa shape index (κ1) is 12.4. The number of benzene rings is 1. The highest BCUT2D eigenvalue weighted by Gasteiger charge is 2.36. The molecule has 3 nitrogen and oxygen atoms in total. The van der Waals surface area contributed by atoms with E-state index in [4.69, 9.17) is 5.26 Å². The summed E-state index contributed by atoms with van der Waals surface area (Å²) < 4.78 is 0. The molecule has 19 heavy (non-hydrogen) atoms. The quantitative estimate of drug-likeness (QED) is 0.778. The first-order valence-electron chi connectivity index (χ1n) is 7.02. The van der Waals surface area contributed by atoms with E-state index in [2.05, 4.69) is 11.0 Å². The van der Waals surface area contributed by atoms with Crippen LogP contribution in [-0.2, 0) is 0 Å². The van der Waals surface area contributed by atoms with Crippen LogP contribution in [0.2, 0.25) is 0 Å². The lowest BCUT2D eigenvalue weighted by atomic mass is 10.0. The summed E-state index contributed by atoms with van der Waals surface area (Å²) >= 11 is 0. The van der Waals surface area contributed by atoms with Crippen LogP contribution in [0.25, 0.3) is 0 Å². The molecule has 1 aliphatic carbocycles. The largest absolute Gasteiger partial charge is 0.295 e. The number of likely N-dealkylation sites (tertiary alicyclic amines) is 1. The van der Waals surface area contributed by atoms with Crippen LogP contribution < -0.4 is 0 Å². The summed E-state index contributed by atoms with van der Waals surface area (Å²) in [6.07, 6.45) is 4.05. The summed E-state index contributed by atoms with van der Waals surface area (Å²) in [4.78, 5) is 14.5. The second-order valence-corrected chi connectivity index (χ2v) is 5.76. The minimum atomic E-state index is 0.171. The van der Waals surface area contributed by atoms with Gasteiger partial charge in [-0.15, -0.1) is 0 Å². The third kappa shape index (κ3) is 2.54. The Kier molecular flexibility index (Phi) is 3.35.